The molecule has 2 fully saturated rings. The van der Waals surface area contributed by atoms with E-state index in [-0.39, 0.29) is 23.7 Å². The number of likely N-dealkylation sites (tertiary alicyclic amines) is 1. The second-order valence-electron chi connectivity index (χ2n) is 7.11. The van der Waals surface area contributed by atoms with Gasteiger partial charge in [-0.15, -0.1) is 0 Å². The summed E-state index contributed by atoms with van der Waals surface area (Å²) in [5, 5.41) is 9.09. The van der Waals surface area contributed by atoms with Gasteiger partial charge in [0.2, 0.25) is 5.91 Å². The standard InChI is InChI=1S/C19H26FN3O3/c1-14(21-8-6-15(7-9-21)19(25)26)18(24)23-12-10-22(11-13-23)17-4-2-16(20)3-5-17/h2-5,14-15H,6-13H2,1H3,(H,25,26). The minimum Gasteiger partial charge on any atom is -0.481 e. The Bertz CT molecular complexity index is 636. The number of piperidine rings is 1. The van der Waals surface area contributed by atoms with Gasteiger partial charge in [0.25, 0.3) is 0 Å². The molecule has 0 spiro atoms. The number of aliphatic carboxylic acids is 1. The van der Waals surface area contributed by atoms with E-state index in [0.717, 1.165) is 18.8 Å². The maximum Gasteiger partial charge on any atom is 0.306 e. The summed E-state index contributed by atoms with van der Waals surface area (Å²) in [6, 6.07) is 6.22. The summed E-state index contributed by atoms with van der Waals surface area (Å²) < 4.78 is 13.0. The predicted octanol–water partition coefficient (Wildman–Crippen LogP) is 1.66. The van der Waals surface area contributed by atoms with Crippen molar-refractivity contribution in [3.05, 3.63) is 30.1 Å². The zero-order valence-corrected chi connectivity index (χ0v) is 15.1. The molecule has 26 heavy (non-hydrogen) atoms. The zero-order valence-electron chi connectivity index (χ0n) is 15.1. The van der Waals surface area contributed by atoms with Crippen molar-refractivity contribution in [2.45, 2.75) is 25.8 Å². The number of carboxylic acids is 1. The lowest BCUT2D eigenvalue weighted by atomic mass is 9.96. The summed E-state index contributed by atoms with van der Waals surface area (Å²) >= 11 is 0. The van der Waals surface area contributed by atoms with E-state index in [1.165, 1.54) is 12.1 Å². The van der Waals surface area contributed by atoms with Crippen molar-refractivity contribution in [1.29, 1.82) is 0 Å². The van der Waals surface area contributed by atoms with Gasteiger partial charge in [0.05, 0.1) is 12.0 Å². The highest BCUT2D eigenvalue weighted by atomic mass is 19.1. The smallest absolute Gasteiger partial charge is 0.306 e. The molecule has 2 aliphatic rings. The number of piperazine rings is 1. The van der Waals surface area contributed by atoms with Crippen LogP contribution >= 0.6 is 0 Å². The molecule has 0 aliphatic carbocycles. The molecule has 0 saturated carbocycles. The summed E-state index contributed by atoms with van der Waals surface area (Å²) in [5.74, 6) is -1.16. The number of halogens is 1. The van der Waals surface area contributed by atoms with E-state index in [1.807, 2.05) is 11.8 Å². The lowest BCUT2D eigenvalue weighted by Gasteiger charge is -2.40. The first-order valence-corrected chi connectivity index (χ1v) is 9.22. The van der Waals surface area contributed by atoms with Crippen molar-refractivity contribution in [2.75, 3.05) is 44.2 Å². The van der Waals surface area contributed by atoms with Gasteiger partial charge in [-0.05, 0) is 57.1 Å². The van der Waals surface area contributed by atoms with Crippen LogP contribution in [0.2, 0.25) is 0 Å². The average Bonchev–Trinajstić information content (AvgIpc) is 2.67. The number of carbonyl (C=O) groups excluding carboxylic acids is 1. The van der Waals surface area contributed by atoms with E-state index in [1.54, 1.807) is 12.1 Å². The van der Waals surface area contributed by atoms with Gasteiger partial charge in [0.1, 0.15) is 5.82 Å². The van der Waals surface area contributed by atoms with Gasteiger partial charge < -0.3 is 14.9 Å². The largest absolute Gasteiger partial charge is 0.481 e. The van der Waals surface area contributed by atoms with Crippen LogP contribution in [0.1, 0.15) is 19.8 Å². The van der Waals surface area contributed by atoms with Crippen LogP contribution in [0.25, 0.3) is 0 Å². The maximum atomic E-state index is 13.0. The Labute approximate surface area is 153 Å². The molecule has 1 aromatic rings. The molecule has 1 unspecified atom stereocenters. The molecule has 7 heteroatoms. The predicted molar refractivity (Wildman–Crippen MR) is 96.6 cm³/mol. The fraction of sp³-hybridized carbons (Fsp3) is 0.579. The van der Waals surface area contributed by atoms with Crippen LogP contribution in [-0.2, 0) is 9.59 Å². The first-order chi connectivity index (χ1) is 12.5. The molecule has 1 aromatic carbocycles. The van der Waals surface area contributed by atoms with E-state index < -0.39 is 5.97 Å². The number of anilines is 1. The summed E-state index contributed by atoms with van der Waals surface area (Å²) in [4.78, 5) is 30.0. The number of carboxylic acid groups (broad SMARTS) is 1. The van der Waals surface area contributed by atoms with Gasteiger partial charge in [0, 0.05) is 31.9 Å². The summed E-state index contributed by atoms with van der Waals surface area (Å²) in [6.45, 7) is 5.96. The third-order valence-corrected chi connectivity index (χ3v) is 5.57. The summed E-state index contributed by atoms with van der Waals surface area (Å²) in [5.41, 5.74) is 0.974. The summed E-state index contributed by atoms with van der Waals surface area (Å²) in [6.07, 6.45) is 1.20. The van der Waals surface area contributed by atoms with Crippen LogP contribution in [0.3, 0.4) is 0 Å². The quantitative estimate of drug-likeness (QED) is 0.881. The third kappa shape index (κ3) is 4.15. The minimum absolute atomic E-state index is 0.109. The number of amides is 1. The Kier molecular flexibility index (Phi) is 5.76. The maximum absolute atomic E-state index is 13.0. The lowest BCUT2D eigenvalue weighted by molar-refractivity contribution is -0.144. The fourth-order valence-electron chi connectivity index (χ4n) is 3.79. The zero-order chi connectivity index (χ0) is 18.7. The first-order valence-electron chi connectivity index (χ1n) is 9.22. The molecule has 2 saturated heterocycles. The molecule has 1 amide bonds. The van der Waals surface area contributed by atoms with Crippen LogP contribution < -0.4 is 4.90 Å². The molecular formula is C19H26FN3O3. The van der Waals surface area contributed by atoms with Gasteiger partial charge >= 0.3 is 5.97 Å². The van der Waals surface area contributed by atoms with Crippen molar-refractivity contribution < 1.29 is 19.1 Å². The van der Waals surface area contributed by atoms with Crippen molar-refractivity contribution in [2.24, 2.45) is 5.92 Å². The van der Waals surface area contributed by atoms with Crippen LogP contribution in [0.5, 0.6) is 0 Å². The molecular weight excluding hydrogens is 337 g/mol. The van der Waals surface area contributed by atoms with E-state index in [0.29, 0.717) is 39.0 Å². The highest BCUT2D eigenvalue weighted by Crippen LogP contribution is 2.21. The number of hydrogen-bond acceptors (Lipinski definition) is 4. The molecule has 2 heterocycles. The fourth-order valence-corrected chi connectivity index (χ4v) is 3.79. The Morgan fingerprint density at radius 3 is 2.15 bits per heavy atom. The van der Waals surface area contributed by atoms with Crippen LogP contribution in [0, 0.1) is 11.7 Å². The van der Waals surface area contributed by atoms with Crippen molar-refractivity contribution in [3.63, 3.8) is 0 Å². The average molecular weight is 363 g/mol. The molecule has 142 valence electrons. The number of carbonyl (C=O) groups is 2. The molecule has 2 aliphatic heterocycles. The van der Waals surface area contributed by atoms with Crippen LogP contribution in [0.15, 0.2) is 24.3 Å². The number of nitrogens with zero attached hydrogens (tertiary/aromatic N) is 3. The van der Waals surface area contributed by atoms with Gasteiger partial charge in [0.15, 0.2) is 0 Å². The monoisotopic (exact) mass is 363 g/mol. The Morgan fingerprint density at radius 2 is 1.62 bits per heavy atom. The number of hydrogen-bond donors (Lipinski definition) is 1. The van der Waals surface area contributed by atoms with Gasteiger partial charge in [-0.1, -0.05) is 0 Å². The van der Waals surface area contributed by atoms with Crippen molar-refractivity contribution in [1.82, 2.24) is 9.80 Å². The molecule has 3 rings (SSSR count). The highest BCUT2D eigenvalue weighted by Gasteiger charge is 2.32. The molecule has 0 aromatic heterocycles. The molecule has 1 atom stereocenters. The van der Waals surface area contributed by atoms with Crippen LogP contribution in [-0.4, -0.2) is 72.1 Å². The van der Waals surface area contributed by atoms with E-state index in [2.05, 4.69) is 9.80 Å². The molecule has 0 bridgehead atoms. The van der Waals surface area contributed by atoms with Crippen molar-refractivity contribution in [3.8, 4) is 0 Å². The van der Waals surface area contributed by atoms with E-state index in [4.69, 9.17) is 5.11 Å². The second kappa shape index (κ2) is 8.03. The topological polar surface area (TPSA) is 64.1 Å². The number of benzene rings is 1. The molecule has 6 nitrogen and oxygen atoms in total. The Balaban J connectivity index is 1.50. The van der Waals surface area contributed by atoms with Gasteiger partial charge in [-0.3, -0.25) is 14.5 Å². The lowest BCUT2D eigenvalue weighted by Crippen LogP contribution is -2.55. The second-order valence-corrected chi connectivity index (χ2v) is 7.11. The minimum atomic E-state index is -0.736. The third-order valence-electron chi connectivity index (χ3n) is 5.57. The van der Waals surface area contributed by atoms with E-state index in [9.17, 15) is 14.0 Å². The van der Waals surface area contributed by atoms with E-state index >= 15 is 0 Å². The molecule has 0 radical (unpaired) electrons. The SMILES string of the molecule is CC(C(=O)N1CCN(c2ccc(F)cc2)CC1)N1CCC(C(=O)O)CC1. The number of rotatable bonds is 4. The van der Waals surface area contributed by atoms with Crippen LogP contribution in [0.4, 0.5) is 10.1 Å². The van der Waals surface area contributed by atoms with Gasteiger partial charge in [-0.25, -0.2) is 4.39 Å². The molecule has 1 N–H and O–H groups in total. The van der Waals surface area contributed by atoms with Gasteiger partial charge in [-0.2, -0.15) is 0 Å². The first kappa shape index (κ1) is 18.6. The Hall–Kier alpha value is -2.15. The van der Waals surface area contributed by atoms with Crippen molar-refractivity contribution >= 4 is 17.6 Å². The highest BCUT2D eigenvalue weighted by molar-refractivity contribution is 5.82. The normalized spacial score (nSPS) is 20.8. The Morgan fingerprint density at radius 1 is 1.04 bits per heavy atom. The summed E-state index contributed by atoms with van der Waals surface area (Å²) in [7, 11) is 0.